The normalized spacial score (nSPS) is 18.8. The zero-order valence-corrected chi connectivity index (χ0v) is 16.3. The lowest BCUT2D eigenvalue weighted by molar-refractivity contribution is 0.101. The standard InChI is InChI=1S/C24H24N2O3/c27-21-10-9-18-23(28)22(13-16-14-25-20-8-4-3-7-17(16)20)29-24(18)19(21)15-26-11-5-1-2-6-12-26/h3-4,7-10,13-14,25,27H,1-2,5-6,11-12,15H2. The second-order valence-corrected chi connectivity index (χ2v) is 7.86. The number of fused-ring (bicyclic) bond motifs is 2. The van der Waals surface area contributed by atoms with Gasteiger partial charge in [-0.05, 0) is 50.2 Å². The summed E-state index contributed by atoms with van der Waals surface area (Å²) in [6.45, 7) is 2.62. The number of para-hydroxylation sites is 1. The molecule has 1 aromatic heterocycles. The van der Waals surface area contributed by atoms with E-state index in [4.69, 9.17) is 4.74 Å². The zero-order chi connectivity index (χ0) is 19.8. The molecule has 2 N–H and O–H groups in total. The minimum atomic E-state index is -0.137. The van der Waals surface area contributed by atoms with Gasteiger partial charge in [0.25, 0.3) is 0 Å². The first-order valence-corrected chi connectivity index (χ1v) is 10.3. The van der Waals surface area contributed by atoms with E-state index in [9.17, 15) is 9.90 Å². The molecule has 0 atom stereocenters. The number of aromatic nitrogens is 1. The van der Waals surface area contributed by atoms with Crippen molar-refractivity contribution < 1.29 is 14.6 Å². The lowest BCUT2D eigenvalue weighted by Gasteiger charge is -2.21. The van der Waals surface area contributed by atoms with Crippen LogP contribution < -0.4 is 4.74 Å². The molecule has 2 aliphatic heterocycles. The van der Waals surface area contributed by atoms with Crippen molar-refractivity contribution in [3.8, 4) is 11.5 Å². The number of ether oxygens (including phenoxy) is 1. The molecule has 5 heteroatoms. The van der Waals surface area contributed by atoms with Gasteiger partial charge in [-0.1, -0.05) is 31.0 Å². The predicted octanol–water partition coefficient (Wildman–Crippen LogP) is 4.87. The lowest BCUT2D eigenvalue weighted by atomic mass is 10.0. The zero-order valence-electron chi connectivity index (χ0n) is 16.3. The number of carbonyl (C=O) groups is 1. The van der Waals surface area contributed by atoms with E-state index < -0.39 is 0 Å². The van der Waals surface area contributed by atoms with Crippen LogP contribution in [0.4, 0.5) is 0 Å². The molecule has 2 aliphatic rings. The monoisotopic (exact) mass is 388 g/mol. The molecule has 0 spiro atoms. The summed E-state index contributed by atoms with van der Waals surface area (Å²) in [7, 11) is 0. The first kappa shape index (κ1) is 18.0. The SMILES string of the molecule is O=C1C(=Cc2c[nH]c3ccccc23)Oc2c1ccc(O)c2CN1CCCCCC1. The third kappa shape index (κ3) is 3.32. The van der Waals surface area contributed by atoms with Crippen molar-refractivity contribution >= 4 is 22.8 Å². The van der Waals surface area contributed by atoms with Gasteiger partial charge in [-0.25, -0.2) is 0 Å². The highest BCUT2D eigenvalue weighted by Gasteiger charge is 2.32. The third-order valence-corrected chi connectivity index (χ3v) is 5.90. The molecule has 0 bridgehead atoms. The van der Waals surface area contributed by atoms with Crippen molar-refractivity contribution in [3.05, 3.63) is 65.0 Å². The Bertz CT molecular complexity index is 1100. The van der Waals surface area contributed by atoms with Crippen LogP contribution in [-0.4, -0.2) is 33.9 Å². The Morgan fingerprint density at radius 3 is 2.69 bits per heavy atom. The van der Waals surface area contributed by atoms with Crippen LogP contribution in [0.2, 0.25) is 0 Å². The number of ketones is 1. The fourth-order valence-electron chi connectivity index (χ4n) is 4.32. The van der Waals surface area contributed by atoms with Crippen LogP contribution in [0.1, 0.15) is 47.2 Å². The average molecular weight is 388 g/mol. The van der Waals surface area contributed by atoms with Crippen LogP contribution in [-0.2, 0) is 6.54 Å². The Morgan fingerprint density at radius 2 is 1.86 bits per heavy atom. The maximum absolute atomic E-state index is 13.0. The maximum atomic E-state index is 13.0. The summed E-state index contributed by atoms with van der Waals surface area (Å²) in [4.78, 5) is 18.5. The predicted molar refractivity (Wildman–Crippen MR) is 113 cm³/mol. The van der Waals surface area contributed by atoms with Crippen molar-refractivity contribution in [1.29, 1.82) is 0 Å². The Morgan fingerprint density at radius 1 is 1.07 bits per heavy atom. The summed E-state index contributed by atoms with van der Waals surface area (Å²) in [6, 6.07) is 11.2. The number of likely N-dealkylation sites (tertiary alicyclic amines) is 1. The van der Waals surface area contributed by atoms with Gasteiger partial charge >= 0.3 is 0 Å². The molecule has 0 aliphatic carbocycles. The quantitative estimate of drug-likeness (QED) is 0.629. The van der Waals surface area contributed by atoms with Crippen LogP contribution in [0, 0.1) is 0 Å². The summed E-state index contributed by atoms with van der Waals surface area (Å²) in [6.07, 6.45) is 8.51. The van der Waals surface area contributed by atoms with E-state index in [1.807, 2.05) is 30.5 Å². The topological polar surface area (TPSA) is 65.6 Å². The minimum Gasteiger partial charge on any atom is -0.507 e. The fourth-order valence-corrected chi connectivity index (χ4v) is 4.32. The second-order valence-electron chi connectivity index (χ2n) is 7.86. The number of phenolic OH excluding ortho intramolecular Hbond substituents is 1. The van der Waals surface area contributed by atoms with Crippen LogP contribution in [0.15, 0.2) is 48.4 Å². The van der Waals surface area contributed by atoms with E-state index in [1.165, 1.54) is 25.7 Å². The highest BCUT2D eigenvalue weighted by molar-refractivity contribution is 6.15. The highest BCUT2D eigenvalue weighted by Crippen LogP contribution is 2.40. The number of allylic oxidation sites excluding steroid dienone is 1. The Hall–Kier alpha value is -3.05. The van der Waals surface area contributed by atoms with Gasteiger partial charge in [-0.2, -0.15) is 0 Å². The Balaban J connectivity index is 1.48. The van der Waals surface area contributed by atoms with Gasteiger partial charge in [0.05, 0.1) is 11.1 Å². The van der Waals surface area contributed by atoms with Gasteiger partial charge in [-0.3, -0.25) is 9.69 Å². The number of hydrogen-bond acceptors (Lipinski definition) is 4. The average Bonchev–Trinajstić information content (AvgIpc) is 3.15. The van der Waals surface area contributed by atoms with Crippen LogP contribution in [0.3, 0.4) is 0 Å². The molecular weight excluding hydrogens is 364 g/mol. The van der Waals surface area contributed by atoms with E-state index in [1.54, 1.807) is 18.2 Å². The van der Waals surface area contributed by atoms with Gasteiger partial charge in [0, 0.05) is 29.2 Å². The summed E-state index contributed by atoms with van der Waals surface area (Å²) in [5, 5.41) is 11.5. The van der Waals surface area contributed by atoms with E-state index >= 15 is 0 Å². The molecule has 1 fully saturated rings. The van der Waals surface area contributed by atoms with Crippen LogP contribution in [0.5, 0.6) is 11.5 Å². The number of H-pyrrole nitrogens is 1. The number of Topliss-reactive ketones (excluding diaryl/α,β-unsaturated/α-hetero) is 1. The molecule has 2 aromatic carbocycles. The maximum Gasteiger partial charge on any atom is 0.231 e. The molecule has 1 saturated heterocycles. The molecule has 148 valence electrons. The molecule has 0 radical (unpaired) electrons. The molecule has 29 heavy (non-hydrogen) atoms. The second kappa shape index (κ2) is 7.41. The van der Waals surface area contributed by atoms with Gasteiger partial charge in [0.1, 0.15) is 11.5 Å². The number of rotatable bonds is 3. The van der Waals surface area contributed by atoms with Gasteiger partial charge in [0.15, 0.2) is 5.76 Å². The van der Waals surface area contributed by atoms with Crippen molar-refractivity contribution in [2.24, 2.45) is 0 Å². The van der Waals surface area contributed by atoms with Gasteiger partial charge < -0.3 is 14.8 Å². The van der Waals surface area contributed by atoms with Crippen LogP contribution in [0.25, 0.3) is 17.0 Å². The third-order valence-electron chi connectivity index (χ3n) is 5.90. The van der Waals surface area contributed by atoms with E-state index in [-0.39, 0.29) is 11.5 Å². The molecule has 0 amide bonds. The molecular formula is C24H24N2O3. The van der Waals surface area contributed by atoms with E-state index in [0.717, 1.165) is 29.6 Å². The minimum absolute atomic E-state index is 0.137. The fraction of sp³-hybridized carbons (Fsp3) is 0.292. The van der Waals surface area contributed by atoms with Gasteiger partial charge in [-0.15, -0.1) is 0 Å². The number of benzene rings is 2. The number of aromatic hydroxyl groups is 1. The first-order chi connectivity index (χ1) is 14.2. The number of carbonyl (C=O) groups excluding carboxylic acids is 1. The van der Waals surface area contributed by atoms with E-state index in [2.05, 4.69) is 9.88 Å². The lowest BCUT2D eigenvalue weighted by Crippen LogP contribution is -2.24. The highest BCUT2D eigenvalue weighted by atomic mass is 16.5. The Labute approximate surface area is 169 Å². The molecule has 0 unspecified atom stereocenters. The van der Waals surface area contributed by atoms with Crippen molar-refractivity contribution in [2.75, 3.05) is 13.1 Å². The number of phenols is 1. The molecule has 5 rings (SSSR count). The molecule has 3 aromatic rings. The smallest absolute Gasteiger partial charge is 0.231 e. The molecule has 0 saturated carbocycles. The summed E-state index contributed by atoms with van der Waals surface area (Å²) >= 11 is 0. The number of aromatic amines is 1. The van der Waals surface area contributed by atoms with Crippen molar-refractivity contribution in [1.82, 2.24) is 9.88 Å². The van der Waals surface area contributed by atoms with Crippen molar-refractivity contribution in [2.45, 2.75) is 32.2 Å². The molecule has 3 heterocycles. The number of nitrogens with one attached hydrogen (secondary N) is 1. The number of hydrogen-bond donors (Lipinski definition) is 2. The Kier molecular flexibility index (Phi) is 4.60. The van der Waals surface area contributed by atoms with Crippen molar-refractivity contribution in [3.63, 3.8) is 0 Å². The van der Waals surface area contributed by atoms with Crippen LogP contribution >= 0.6 is 0 Å². The summed E-state index contributed by atoms with van der Waals surface area (Å²) in [5.74, 6) is 0.856. The molecule has 5 nitrogen and oxygen atoms in total. The summed E-state index contributed by atoms with van der Waals surface area (Å²) < 4.78 is 6.04. The van der Waals surface area contributed by atoms with Gasteiger partial charge in [0.2, 0.25) is 5.78 Å². The summed E-state index contributed by atoms with van der Waals surface area (Å²) in [5.41, 5.74) is 3.16. The van der Waals surface area contributed by atoms with E-state index in [0.29, 0.717) is 29.2 Å². The number of nitrogens with zero attached hydrogens (tertiary/aromatic N) is 1. The largest absolute Gasteiger partial charge is 0.507 e. The first-order valence-electron chi connectivity index (χ1n) is 10.3.